The Balaban J connectivity index is 2.30. The van der Waals surface area contributed by atoms with Gasteiger partial charge in [-0.05, 0) is 23.8 Å². The molecular formula is C16H15FN2O3. The number of ketones is 1. The number of rotatable bonds is 3. The van der Waals surface area contributed by atoms with E-state index in [4.69, 9.17) is 0 Å². The molecule has 0 aromatic heterocycles. The van der Waals surface area contributed by atoms with Crippen molar-refractivity contribution in [3.63, 3.8) is 0 Å². The van der Waals surface area contributed by atoms with E-state index in [9.17, 15) is 19.1 Å². The Morgan fingerprint density at radius 3 is 2.41 bits per heavy atom. The SMILES string of the molecule is C=C1N(C)C(=O)C(C(=O)/C=C/c2ccc(F)cc2)=C(O)N1C. The van der Waals surface area contributed by atoms with E-state index in [-0.39, 0.29) is 17.2 Å². The highest BCUT2D eigenvalue weighted by atomic mass is 19.1. The summed E-state index contributed by atoms with van der Waals surface area (Å²) in [5.41, 5.74) is 0.264. The van der Waals surface area contributed by atoms with Gasteiger partial charge in [0.1, 0.15) is 17.2 Å². The zero-order valence-corrected chi connectivity index (χ0v) is 12.2. The van der Waals surface area contributed by atoms with Crippen LogP contribution in [0, 0.1) is 5.82 Å². The Bertz CT molecular complexity index is 705. The van der Waals surface area contributed by atoms with E-state index in [1.54, 1.807) is 0 Å². The first-order valence-corrected chi connectivity index (χ1v) is 6.45. The number of carbonyl (C=O) groups excluding carboxylic acids is 2. The van der Waals surface area contributed by atoms with Gasteiger partial charge in [-0.3, -0.25) is 14.5 Å². The van der Waals surface area contributed by atoms with Crippen LogP contribution in [0.3, 0.4) is 0 Å². The monoisotopic (exact) mass is 302 g/mol. The summed E-state index contributed by atoms with van der Waals surface area (Å²) in [6, 6.07) is 5.52. The molecule has 0 radical (unpaired) electrons. The Hall–Kier alpha value is -2.89. The molecule has 114 valence electrons. The van der Waals surface area contributed by atoms with Crippen LogP contribution in [-0.2, 0) is 9.59 Å². The van der Waals surface area contributed by atoms with Gasteiger partial charge in [-0.15, -0.1) is 0 Å². The molecule has 0 fully saturated rings. The van der Waals surface area contributed by atoms with Gasteiger partial charge < -0.3 is 10.0 Å². The number of amides is 1. The van der Waals surface area contributed by atoms with Crippen LogP contribution in [0.4, 0.5) is 4.39 Å². The minimum absolute atomic E-state index is 0.265. The van der Waals surface area contributed by atoms with E-state index >= 15 is 0 Å². The number of hydrogen-bond donors (Lipinski definition) is 1. The van der Waals surface area contributed by atoms with Crippen molar-refractivity contribution in [3.8, 4) is 0 Å². The Kier molecular flexibility index (Phi) is 4.12. The van der Waals surface area contributed by atoms with E-state index in [1.165, 1.54) is 54.2 Å². The number of nitrogens with zero attached hydrogens (tertiary/aromatic N) is 2. The second kappa shape index (κ2) is 5.85. The molecule has 0 saturated heterocycles. The van der Waals surface area contributed by atoms with Gasteiger partial charge in [0.15, 0.2) is 5.78 Å². The molecule has 1 heterocycles. The lowest BCUT2D eigenvalue weighted by Crippen LogP contribution is -2.42. The topological polar surface area (TPSA) is 60.9 Å². The van der Waals surface area contributed by atoms with Crippen molar-refractivity contribution in [2.24, 2.45) is 0 Å². The molecule has 2 rings (SSSR count). The van der Waals surface area contributed by atoms with E-state index < -0.39 is 17.6 Å². The van der Waals surface area contributed by atoms with E-state index in [1.807, 2.05) is 0 Å². The number of halogens is 1. The summed E-state index contributed by atoms with van der Waals surface area (Å²) in [6.07, 6.45) is 2.60. The number of aliphatic hydroxyl groups is 1. The number of hydrogen-bond acceptors (Lipinski definition) is 4. The molecule has 0 aliphatic carbocycles. The van der Waals surface area contributed by atoms with Crippen LogP contribution in [0.1, 0.15) is 5.56 Å². The molecule has 6 heteroatoms. The van der Waals surface area contributed by atoms with Crippen molar-refractivity contribution in [1.82, 2.24) is 9.80 Å². The average Bonchev–Trinajstić information content (AvgIpc) is 2.50. The first kappa shape index (κ1) is 15.5. The van der Waals surface area contributed by atoms with Crippen molar-refractivity contribution in [2.45, 2.75) is 0 Å². The lowest BCUT2D eigenvalue weighted by atomic mass is 10.1. The van der Waals surface area contributed by atoms with Crippen molar-refractivity contribution in [2.75, 3.05) is 14.1 Å². The maximum Gasteiger partial charge on any atom is 0.268 e. The van der Waals surface area contributed by atoms with Gasteiger partial charge in [-0.2, -0.15) is 0 Å². The molecule has 0 atom stereocenters. The first-order chi connectivity index (χ1) is 10.3. The van der Waals surface area contributed by atoms with Crippen molar-refractivity contribution >= 4 is 17.8 Å². The summed E-state index contributed by atoms with van der Waals surface area (Å²) in [6.45, 7) is 3.64. The Labute approximate surface area is 127 Å². The number of allylic oxidation sites excluding steroid dienone is 1. The maximum absolute atomic E-state index is 12.8. The minimum atomic E-state index is -0.641. The molecule has 1 amide bonds. The second-order valence-electron chi connectivity index (χ2n) is 4.79. The van der Waals surface area contributed by atoms with Crippen molar-refractivity contribution in [3.05, 3.63) is 65.6 Å². The lowest BCUT2D eigenvalue weighted by molar-refractivity contribution is -0.129. The highest BCUT2D eigenvalue weighted by Crippen LogP contribution is 2.23. The summed E-state index contributed by atoms with van der Waals surface area (Å²) in [5.74, 6) is -1.83. The van der Waals surface area contributed by atoms with Gasteiger partial charge in [0.2, 0.25) is 5.88 Å². The molecular weight excluding hydrogens is 287 g/mol. The van der Waals surface area contributed by atoms with Crippen LogP contribution in [0.25, 0.3) is 6.08 Å². The van der Waals surface area contributed by atoms with Crippen molar-refractivity contribution in [1.29, 1.82) is 0 Å². The number of aliphatic hydroxyl groups excluding tert-OH is 1. The number of likely N-dealkylation sites (N-methyl/N-ethyl adjacent to an activating group) is 1. The van der Waals surface area contributed by atoms with Gasteiger partial charge in [0, 0.05) is 14.1 Å². The fourth-order valence-electron chi connectivity index (χ4n) is 1.94. The van der Waals surface area contributed by atoms with Crippen molar-refractivity contribution < 1.29 is 19.1 Å². The zero-order chi connectivity index (χ0) is 16.4. The Morgan fingerprint density at radius 2 is 1.82 bits per heavy atom. The van der Waals surface area contributed by atoms with Gasteiger partial charge in [-0.25, -0.2) is 4.39 Å². The maximum atomic E-state index is 12.8. The molecule has 0 saturated carbocycles. The molecule has 0 unspecified atom stereocenters. The number of carbonyl (C=O) groups is 2. The lowest BCUT2D eigenvalue weighted by Gasteiger charge is -2.33. The van der Waals surface area contributed by atoms with Crippen LogP contribution in [0.5, 0.6) is 0 Å². The van der Waals surface area contributed by atoms with Gasteiger partial charge in [0.25, 0.3) is 5.91 Å². The molecule has 1 N–H and O–H groups in total. The molecule has 0 spiro atoms. The van der Waals surface area contributed by atoms with Crippen LogP contribution >= 0.6 is 0 Å². The largest absolute Gasteiger partial charge is 0.494 e. The first-order valence-electron chi connectivity index (χ1n) is 6.45. The molecule has 1 aromatic carbocycles. The normalized spacial score (nSPS) is 16.0. The Morgan fingerprint density at radius 1 is 1.23 bits per heavy atom. The minimum Gasteiger partial charge on any atom is -0.494 e. The number of benzene rings is 1. The highest BCUT2D eigenvalue weighted by molar-refractivity contribution is 6.25. The standard InChI is InChI=1S/C16H15FN2O3/c1-10-18(2)15(21)14(16(22)19(10)3)13(20)9-6-11-4-7-12(17)8-5-11/h4-9,21H,1H2,2-3H3/b9-6+. The zero-order valence-electron chi connectivity index (χ0n) is 12.2. The molecule has 1 aliphatic rings. The summed E-state index contributed by atoms with van der Waals surface area (Å²) in [7, 11) is 2.96. The quantitative estimate of drug-likeness (QED) is 0.686. The van der Waals surface area contributed by atoms with E-state index in [2.05, 4.69) is 6.58 Å². The predicted octanol–water partition coefficient (Wildman–Crippen LogP) is 2.05. The molecule has 0 bridgehead atoms. The van der Waals surface area contributed by atoms with Crippen LogP contribution in [0.15, 0.2) is 54.2 Å². The van der Waals surface area contributed by atoms with Gasteiger partial charge >= 0.3 is 0 Å². The summed E-state index contributed by atoms with van der Waals surface area (Å²) < 4.78 is 12.8. The summed E-state index contributed by atoms with van der Waals surface area (Å²) >= 11 is 0. The third-order valence-electron chi connectivity index (χ3n) is 3.38. The van der Waals surface area contributed by atoms with Crippen LogP contribution in [-0.4, -0.2) is 40.7 Å². The molecule has 1 aromatic rings. The summed E-state index contributed by atoms with van der Waals surface area (Å²) in [5, 5.41) is 9.99. The fraction of sp³-hybridized carbons (Fsp3) is 0.125. The smallest absolute Gasteiger partial charge is 0.268 e. The van der Waals surface area contributed by atoms with Gasteiger partial charge in [0.05, 0.1) is 0 Å². The summed E-state index contributed by atoms with van der Waals surface area (Å²) in [4.78, 5) is 26.7. The van der Waals surface area contributed by atoms with E-state index in [0.29, 0.717) is 5.56 Å². The molecule has 22 heavy (non-hydrogen) atoms. The fourth-order valence-corrected chi connectivity index (χ4v) is 1.94. The molecule has 1 aliphatic heterocycles. The van der Waals surface area contributed by atoms with Crippen LogP contribution < -0.4 is 0 Å². The third-order valence-corrected chi connectivity index (χ3v) is 3.38. The third kappa shape index (κ3) is 2.76. The predicted molar refractivity (Wildman–Crippen MR) is 79.8 cm³/mol. The van der Waals surface area contributed by atoms with E-state index in [0.717, 1.165) is 6.08 Å². The highest BCUT2D eigenvalue weighted by Gasteiger charge is 2.34. The van der Waals surface area contributed by atoms with Crippen LogP contribution in [0.2, 0.25) is 0 Å². The second-order valence-corrected chi connectivity index (χ2v) is 4.79. The van der Waals surface area contributed by atoms with Gasteiger partial charge in [-0.1, -0.05) is 24.8 Å². The molecule has 5 nitrogen and oxygen atoms in total. The average molecular weight is 302 g/mol.